The van der Waals surface area contributed by atoms with E-state index in [1.54, 1.807) is 6.26 Å². The summed E-state index contributed by atoms with van der Waals surface area (Å²) in [5.74, 6) is 0.915. The lowest BCUT2D eigenvalue weighted by Crippen LogP contribution is -2.50. The summed E-state index contributed by atoms with van der Waals surface area (Å²) in [6.07, 6.45) is 1.80. The van der Waals surface area contributed by atoms with Gasteiger partial charge in [-0.05, 0) is 12.5 Å². The van der Waals surface area contributed by atoms with Crippen molar-refractivity contribution in [2.45, 2.75) is 32.2 Å². The largest absolute Gasteiger partial charge is 0.373 e. The van der Waals surface area contributed by atoms with Crippen LogP contribution in [0.2, 0.25) is 0 Å². The van der Waals surface area contributed by atoms with Crippen molar-refractivity contribution in [3.05, 3.63) is 53.9 Å². The Balaban J connectivity index is 1.44. The molecule has 3 heterocycles. The van der Waals surface area contributed by atoms with E-state index in [0.29, 0.717) is 12.6 Å². The molecule has 1 N–H and O–H groups in total. The van der Waals surface area contributed by atoms with Gasteiger partial charge in [-0.3, -0.25) is 4.90 Å². The molecule has 2 aliphatic rings. The SMILES string of the molecule is CCNC(=NCc1ccon1)N1CC2OCCN(Cc3ccccc3)C2C1. The van der Waals surface area contributed by atoms with Crippen LogP contribution in [0.3, 0.4) is 0 Å². The standard InChI is InChI=1S/C20H27N5O2/c1-2-21-20(22-12-17-8-10-27-23-17)25-14-18-19(15-25)26-11-9-24(18)13-16-6-4-3-5-7-16/h3-8,10,18-19H,2,9,11-15H2,1H3,(H,21,22). The second-order valence-electron chi connectivity index (χ2n) is 7.00. The Bertz CT molecular complexity index is 734. The molecule has 144 valence electrons. The van der Waals surface area contributed by atoms with Crippen LogP contribution in [0.1, 0.15) is 18.2 Å². The molecule has 27 heavy (non-hydrogen) atoms. The number of nitrogens with one attached hydrogen (secondary N) is 1. The number of morpholine rings is 1. The van der Waals surface area contributed by atoms with Crippen molar-refractivity contribution in [2.24, 2.45) is 4.99 Å². The number of nitrogens with zero attached hydrogens (tertiary/aromatic N) is 4. The van der Waals surface area contributed by atoms with Gasteiger partial charge >= 0.3 is 0 Å². The van der Waals surface area contributed by atoms with E-state index in [9.17, 15) is 0 Å². The fourth-order valence-electron chi connectivity index (χ4n) is 3.85. The Morgan fingerprint density at radius 2 is 2.15 bits per heavy atom. The predicted molar refractivity (Wildman–Crippen MR) is 103 cm³/mol. The number of aromatic nitrogens is 1. The second kappa shape index (κ2) is 8.54. The van der Waals surface area contributed by atoms with Gasteiger partial charge in [0.25, 0.3) is 0 Å². The van der Waals surface area contributed by atoms with Crippen LogP contribution in [0.4, 0.5) is 0 Å². The molecule has 0 amide bonds. The number of fused-ring (bicyclic) bond motifs is 1. The predicted octanol–water partition coefficient (Wildman–Crippen LogP) is 1.73. The van der Waals surface area contributed by atoms with Crippen LogP contribution in [-0.2, 0) is 17.8 Å². The van der Waals surface area contributed by atoms with Crippen LogP contribution in [0.5, 0.6) is 0 Å². The van der Waals surface area contributed by atoms with E-state index in [0.717, 1.165) is 51.0 Å². The summed E-state index contributed by atoms with van der Waals surface area (Å²) in [4.78, 5) is 9.59. The van der Waals surface area contributed by atoms with Gasteiger partial charge in [0.1, 0.15) is 12.0 Å². The minimum Gasteiger partial charge on any atom is -0.373 e. The first-order chi connectivity index (χ1) is 13.3. The molecule has 0 spiro atoms. The molecule has 2 fully saturated rings. The Kier molecular flexibility index (Phi) is 5.69. The van der Waals surface area contributed by atoms with Gasteiger partial charge in [-0.15, -0.1) is 0 Å². The Labute approximate surface area is 160 Å². The molecule has 1 aromatic carbocycles. The summed E-state index contributed by atoms with van der Waals surface area (Å²) in [6, 6.07) is 12.9. The highest BCUT2D eigenvalue weighted by Crippen LogP contribution is 2.24. The van der Waals surface area contributed by atoms with E-state index in [1.807, 2.05) is 6.07 Å². The maximum absolute atomic E-state index is 6.09. The van der Waals surface area contributed by atoms with Crippen LogP contribution in [0, 0.1) is 0 Å². The van der Waals surface area contributed by atoms with Gasteiger partial charge in [-0.25, -0.2) is 4.99 Å². The quantitative estimate of drug-likeness (QED) is 0.640. The van der Waals surface area contributed by atoms with Gasteiger partial charge < -0.3 is 19.5 Å². The van der Waals surface area contributed by atoms with Crippen molar-refractivity contribution in [3.8, 4) is 0 Å². The molecule has 0 radical (unpaired) electrons. The van der Waals surface area contributed by atoms with Crippen molar-refractivity contribution in [3.63, 3.8) is 0 Å². The number of ether oxygens (including phenoxy) is 1. The molecule has 1 aromatic heterocycles. The molecular formula is C20H27N5O2. The summed E-state index contributed by atoms with van der Waals surface area (Å²) in [5.41, 5.74) is 2.19. The van der Waals surface area contributed by atoms with Gasteiger partial charge in [0, 0.05) is 38.8 Å². The zero-order chi connectivity index (χ0) is 18.5. The fourth-order valence-corrected chi connectivity index (χ4v) is 3.85. The number of benzene rings is 1. The highest BCUT2D eigenvalue weighted by molar-refractivity contribution is 5.80. The molecule has 2 aliphatic heterocycles. The van der Waals surface area contributed by atoms with Crippen molar-refractivity contribution >= 4 is 5.96 Å². The summed E-state index contributed by atoms with van der Waals surface area (Å²) in [7, 11) is 0. The van der Waals surface area contributed by atoms with E-state index in [1.165, 1.54) is 5.56 Å². The minimum atomic E-state index is 0.221. The van der Waals surface area contributed by atoms with Crippen molar-refractivity contribution in [2.75, 3.05) is 32.8 Å². The number of guanidine groups is 1. The maximum Gasteiger partial charge on any atom is 0.194 e. The lowest BCUT2D eigenvalue weighted by atomic mass is 10.1. The number of hydrogen-bond acceptors (Lipinski definition) is 5. The van der Waals surface area contributed by atoms with Gasteiger partial charge in [0.2, 0.25) is 0 Å². The van der Waals surface area contributed by atoms with Crippen LogP contribution in [-0.4, -0.2) is 65.8 Å². The molecule has 0 aliphatic carbocycles. The molecule has 0 bridgehead atoms. The first-order valence-electron chi connectivity index (χ1n) is 9.65. The molecule has 2 atom stereocenters. The van der Waals surface area contributed by atoms with Gasteiger partial charge in [0.05, 0.1) is 25.3 Å². The summed E-state index contributed by atoms with van der Waals surface area (Å²) in [6.45, 7) is 7.93. The molecule has 7 nitrogen and oxygen atoms in total. The number of likely N-dealkylation sites (tertiary alicyclic amines) is 1. The third kappa shape index (κ3) is 4.31. The lowest BCUT2D eigenvalue weighted by molar-refractivity contribution is -0.0502. The van der Waals surface area contributed by atoms with Crippen molar-refractivity contribution < 1.29 is 9.26 Å². The van der Waals surface area contributed by atoms with Crippen molar-refractivity contribution in [1.82, 2.24) is 20.3 Å². The Morgan fingerprint density at radius 3 is 2.93 bits per heavy atom. The van der Waals surface area contributed by atoms with Gasteiger partial charge in [-0.1, -0.05) is 35.5 Å². The van der Waals surface area contributed by atoms with Crippen LogP contribution in [0.25, 0.3) is 0 Å². The zero-order valence-electron chi connectivity index (χ0n) is 15.8. The fraction of sp³-hybridized carbons (Fsp3) is 0.500. The Morgan fingerprint density at radius 1 is 1.26 bits per heavy atom. The second-order valence-corrected chi connectivity index (χ2v) is 7.00. The first kappa shape index (κ1) is 18.0. The third-order valence-electron chi connectivity index (χ3n) is 5.16. The number of hydrogen-bond donors (Lipinski definition) is 1. The average molecular weight is 369 g/mol. The van der Waals surface area contributed by atoms with Gasteiger partial charge in [0.15, 0.2) is 5.96 Å². The first-order valence-corrected chi connectivity index (χ1v) is 9.65. The lowest BCUT2D eigenvalue weighted by Gasteiger charge is -2.36. The monoisotopic (exact) mass is 369 g/mol. The van der Waals surface area contributed by atoms with Crippen LogP contribution >= 0.6 is 0 Å². The number of rotatable bonds is 5. The smallest absolute Gasteiger partial charge is 0.194 e. The van der Waals surface area contributed by atoms with Gasteiger partial charge in [-0.2, -0.15) is 0 Å². The van der Waals surface area contributed by atoms with Crippen molar-refractivity contribution in [1.29, 1.82) is 0 Å². The van der Waals surface area contributed by atoms with E-state index in [-0.39, 0.29) is 6.10 Å². The maximum atomic E-state index is 6.09. The summed E-state index contributed by atoms with van der Waals surface area (Å²) in [5, 5.41) is 7.35. The third-order valence-corrected chi connectivity index (χ3v) is 5.16. The average Bonchev–Trinajstić information content (AvgIpc) is 3.36. The zero-order valence-corrected chi connectivity index (χ0v) is 15.8. The minimum absolute atomic E-state index is 0.221. The van der Waals surface area contributed by atoms with E-state index in [2.05, 4.69) is 57.5 Å². The molecule has 7 heteroatoms. The molecule has 0 saturated carbocycles. The molecule has 2 unspecified atom stereocenters. The van der Waals surface area contributed by atoms with E-state index < -0.39 is 0 Å². The molecule has 2 aromatic rings. The summed E-state index contributed by atoms with van der Waals surface area (Å²) >= 11 is 0. The molecular weight excluding hydrogens is 342 g/mol. The highest BCUT2D eigenvalue weighted by atomic mass is 16.5. The summed E-state index contributed by atoms with van der Waals surface area (Å²) < 4.78 is 11.0. The normalized spacial score (nSPS) is 23.4. The van der Waals surface area contributed by atoms with E-state index >= 15 is 0 Å². The van der Waals surface area contributed by atoms with Crippen LogP contribution < -0.4 is 5.32 Å². The van der Waals surface area contributed by atoms with Crippen LogP contribution in [0.15, 0.2) is 52.2 Å². The highest BCUT2D eigenvalue weighted by Gasteiger charge is 2.41. The molecule has 2 saturated heterocycles. The molecule has 4 rings (SSSR count). The Hall–Kier alpha value is -2.38. The van der Waals surface area contributed by atoms with E-state index in [4.69, 9.17) is 14.3 Å². The topological polar surface area (TPSA) is 66.1 Å². The number of aliphatic imine (C=N–C) groups is 1.